The summed E-state index contributed by atoms with van der Waals surface area (Å²) in [5.41, 5.74) is 4.04. The van der Waals surface area contributed by atoms with Crippen molar-refractivity contribution in [2.45, 2.75) is 31.2 Å². The molecular weight excluding hydrogens is 302 g/mol. The van der Waals surface area contributed by atoms with E-state index in [1.54, 1.807) is 4.90 Å². The van der Waals surface area contributed by atoms with Crippen LogP contribution in [0.25, 0.3) is 0 Å². The van der Waals surface area contributed by atoms with E-state index in [2.05, 4.69) is 6.07 Å². The monoisotopic (exact) mass is 321 g/mol. The molecule has 2 aliphatic rings. The van der Waals surface area contributed by atoms with Gasteiger partial charge in [-0.25, -0.2) is 4.79 Å². The van der Waals surface area contributed by atoms with E-state index in [0.29, 0.717) is 13.0 Å². The first-order valence-electron chi connectivity index (χ1n) is 8.35. The molecule has 1 amide bonds. The van der Waals surface area contributed by atoms with Gasteiger partial charge in [0, 0.05) is 6.54 Å². The van der Waals surface area contributed by atoms with E-state index in [-0.39, 0.29) is 11.8 Å². The van der Waals surface area contributed by atoms with Gasteiger partial charge in [-0.15, -0.1) is 0 Å². The Morgan fingerprint density at radius 2 is 1.54 bits per heavy atom. The van der Waals surface area contributed by atoms with Crippen LogP contribution in [0.15, 0.2) is 48.5 Å². The number of rotatable bonds is 2. The van der Waals surface area contributed by atoms with E-state index in [1.807, 2.05) is 42.5 Å². The van der Waals surface area contributed by atoms with Crippen molar-refractivity contribution < 1.29 is 14.7 Å². The Bertz CT molecular complexity index is 814. The largest absolute Gasteiger partial charge is 0.479 e. The number of fused-ring (bicyclic) bond motifs is 2. The molecule has 2 aromatic rings. The molecule has 0 aromatic heterocycles. The number of aryl methyl sites for hydroxylation is 1. The van der Waals surface area contributed by atoms with Gasteiger partial charge in [0.05, 0.1) is 5.92 Å². The fourth-order valence-electron chi connectivity index (χ4n) is 4.08. The summed E-state index contributed by atoms with van der Waals surface area (Å²) in [6.45, 7) is 0.464. The Morgan fingerprint density at radius 3 is 2.25 bits per heavy atom. The number of carbonyl (C=O) groups excluding carboxylic acids is 1. The quantitative estimate of drug-likeness (QED) is 0.925. The molecule has 2 atom stereocenters. The van der Waals surface area contributed by atoms with E-state index in [9.17, 15) is 14.7 Å². The number of benzene rings is 2. The maximum absolute atomic E-state index is 13.2. The van der Waals surface area contributed by atoms with Crippen LogP contribution in [0.2, 0.25) is 0 Å². The first-order chi connectivity index (χ1) is 11.7. The van der Waals surface area contributed by atoms with E-state index in [0.717, 1.165) is 29.5 Å². The predicted molar refractivity (Wildman–Crippen MR) is 89.7 cm³/mol. The van der Waals surface area contributed by atoms with Crippen molar-refractivity contribution in [3.8, 4) is 0 Å². The Morgan fingerprint density at radius 1 is 0.917 bits per heavy atom. The van der Waals surface area contributed by atoms with Crippen molar-refractivity contribution in [3.63, 3.8) is 0 Å². The van der Waals surface area contributed by atoms with E-state index < -0.39 is 12.0 Å². The molecule has 4 nitrogen and oxygen atoms in total. The molecule has 0 spiro atoms. The summed E-state index contributed by atoms with van der Waals surface area (Å²) in [6, 6.07) is 14.7. The summed E-state index contributed by atoms with van der Waals surface area (Å²) >= 11 is 0. The first-order valence-corrected chi connectivity index (χ1v) is 8.35. The van der Waals surface area contributed by atoms with Gasteiger partial charge in [-0.2, -0.15) is 0 Å². The molecule has 1 N–H and O–H groups in total. The molecule has 122 valence electrons. The number of nitrogens with zero attached hydrogens (tertiary/aromatic N) is 1. The van der Waals surface area contributed by atoms with Crippen LogP contribution in [0.1, 0.15) is 40.6 Å². The van der Waals surface area contributed by atoms with Crippen molar-refractivity contribution in [1.29, 1.82) is 0 Å². The molecule has 1 aliphatic carbocycles. The number of hydrogen-bond acceptors (Lipinski definition) is 2. The van der Waals surface area contributed by atoms with Crippen molar-refractivity contribution in [3.05, 3.63) is 70.8 Å². The van der Waals surface area contributed by atoms with Crippen LogP contribution in [0.5, 0.6) is 0 Å². The summed E-state index contributed by atoms with van der Waals surface area (Å²) in [4.78, 5) is 26.6. The number of hydrogen-bond donors (Lipinski definition) is 1. The summed E-state index contributed by atoms with van der Waals surface area (Å²) in [5.74, 6) is -1.23. The van der Waals surface area contributed by atoms with Crippen molar-refractivity contribution >= 4 is 11.9 Å². The third-order valence-electron chi connectivity index (χ3n) is 5.23. The molecule has 0 radical (unpaired) electrons. The van der Waals surface area contributed by atoms with Gasteiger partial charge in [-0.3, -0.25) is 4.79 Å². The predicted octanol–water partition coefficient (Wildman–Crippen LogP) is 2.93. The van der Waals surface area contributed by atoms with Gasteiger partial charge in [-0.1, -0.05) is 48.5 Å². The van der Waals surface area contributed by atoms with Gasteiger partial charge in [-0.05, 0) is 41.5 Å². The fraction of sp³-hybridized carbons (Fsp3) is 0.300. The van der Waals surface area contributed by atoms with Crippen LogP contribution >= 0.6 is 0 Å². The average molecular weight is 321 g/mol. The fourth-order valence-corrected chi connectivity index (χ4v) is 4.08. The molecule has 1 heterocycles. The molecule has 0 fully saturated rings. The molecule has 0 saturated carbocycles. The number of amides is 1. The van der Waals surface area contributed by atoms with Gasteiger partial charge in [0.15, 0.2) is 6.04 Å². The highest BCUT2D eigenvalue weighted by molar-refractivity contribution is 5.90. The van der Waals surface area contributed by atoms with Gasteiger partial charge in [0.2, 0.25) is 5.91 Å². The van der Waals surface area contributed by atoms with Crippen molar-refractivity contribution in [1.82, 2.24) is 4.90 Å². The minimum Gasteiger partial charge on any atom is -0.479 e. The molecule has 4 rings (SSSR count). The third kappa shape index (κ3) is 2.30. The lowest BCUT2D eigenvalue weighted by Gasteiger charge is -2.36. The minimum atomic E-state index is -0.957. The lowest BCUT2D eigenvalue weighted by molar-refractivity contribution is -0.151. The van der Waals surface area contributed by atoms with Crippen LogP contribution in [-0.4, -0.2) is 28.4 Å². The molecule has 2 unspecified atom stereocenters. The summed E-state index contributed by atoms with van der Waals surface area (Å²) in [6.07, 6.45) is 2.36. The molecule has 1 aliphatic heterocycles. The van der Waals surface area contributed by atoms with Crippen LogP contribution in [0.4, 0.5) is 0 Å². The van der Waals surface area contributed by atoms with E-state index in [1.165, 1.54) is 5.56 Å². The zero-order chi connectivity index (χ0) is 16.7. The van der Waals surface area contributed by atoms with E-state index in [4.69, 9.17) is 0 Å². The summed E-state index contributed by atoms with van der Waals surface area (Å²) in [5, 5.41) is 9.75. The highest BCUT2D eigenvalue weighted by Crippen LogP contribution is 2.38. The Labute approximate surface area is 140 Å². The lowest BCUT2D eigenvalue weighted by atomic mass is 9.90. The number of carboxylic acid groups (broad SMARTS) is 1. The van der Waals surface area contributed by atoms with Crippen LogP contribution < -0.4 is 0 Å². The molecule has 4 heteroatoms. The summed E-state index contributed by atoms with van der Waals surface area (Å²) < 4.78 is 0. The molecular formula is C20H19NO3. The zero-order valence-electron chi connectivity index (χ0n) is 13.3. The normalized spacial score (nSPS) is 21.9. The maximum atomic E-state index is 13.2. The molecule has 2 aromatic carbocycles. The standard InChI is InChI=1S/C20H19NO3/c22-19(17-10-9-13-5-1-3-7-15(13)17)21-12-11-14-6-2-4-8-16(14)18(21)20(23)24/h1-8,17-18H,9-12H2,(H,23,24). The van der Waals surface area contributed by atoms with Gasteiger partial charge < -0.3 is 10.0 Å². The smallest absolute Gasteiger partial charge is 0.331 e. The lowest BCUT2D eigenvalue weighted by Crippen LogP contribution is -2.45. The van der Waals surface area contributed by atoms with E-state index >= 15 is 0 Å². The van der Waals surface area contributed by atoms with Crippen LogP contribution in [0, 0.1) is 0 Å². The highest BCUT2D eigenvalue weighted by Gasteiger charge is 2.40. The molecule has 0 bridgehead atoms. The maximum Gasteiger partial charge on any atom is 0.331 e. The van der Waals surface area contributed by atoms with Crippen LogP contribution in [0.3, 0.4) is 0 Å². The highest BCUT2D eigenvalue weighted by atomic mass is 16.4. The molecule has 0 saturated heterocycles. The zero-order valence-corrected chi connectivity index (χ0v) is 13.3. The Hall–Kier alpha value is -2.62. The van der Waals surface area contributed by atoms with Gasteiger partial charge in [0.1, 0.15) is 0 Å². The minimum absolute atomic E-state index is 0.0538. The number of aliphatic carboxylic acids is 1. The number of carboxylic acids is 1. The Kier molecular flexibility index (Phi) is 3.60. The first kappa shape index (κ1) is 14.9. The topological polar surface area (TPSA) is 57.6 Å². The van der Waals surface area contributed by atoms with Crippen molar-refractivity contribution in [2.24, 2.45) is 0 Å². The second-order valence-corrected chi connectivity index (χ2v) is 6.51. The molecule has 24 heavy (non-hydrogen) atoms. The second kappa shape index (κ2) is 5.78. The van der Waals surface area contributed by atoms with Gasteiger partial charge >= 0.3 is 5.97 Å². The SMILES string of the molecule is O=C(O)C1c2ccccc2CCN1C(=O)C1CCc2ccccc21. The second-order valence-electron chi connectivity index (χ2n) is 6.51. The number of carbonyl (C=O) groups is 2. The third-order valence-corrected chi connectivity index (χ3v) is 5.23. The van der Waals surface area contributed by atoms with Crippen LogP contribution in [-0.2, 0) is 22.4 Å². The van der Waals surface area contributed by atoms with Crippen molar-refractivity contribution in [2.75, 3.05) is 6.54 Å². The van der Waals surface area contributed by atoms with Gasteiger partial charge in [0.25, 0.3) is 0 Å². The summed E-state index contributed by atoms with van der Waals surface area (Å²) in [7, 11) is 0. The Balaban J connectivity index is 1.69. The average Bonchev–Trinajstić information content (AvgIpc) is 3.04.